The van der Waals surface area contributed by atoms with Gasteiger partial charge < -0.3 is 9.30 Å². The van der Waals surface area contributed by atoms with Crippen molar-refractivity contribution < 1.29 is 9.53 Å². The van der Waals surface area contributed by atoms with Crippen LogP contribution in [0.25, 0.3) is 11.2 Å². The maximum atomic E-state index is 13.0. The van der Waals surface area contributed by atoms with E-state index in [-0.39, 0.29) is 5.97 Å². The Labute approximate surface area is 186 Å². The Morgan fingerprint density at radius 3 is 2.43 bits per heavy atom. The summed E-state index contributed by atoms with van der Waals surface area (Å²) in [6.07, 6.45) is 0.544. The van der Waals surface area contributed by atoms with Gasteiger partial charge in [-0.05, 0) is 31.0 Å². The summed E-state index contributed by atoms with van der Waals surface area (Å²) >= 11 is 4.67. The first-order valence-corrected chi connectivity index (χ1v) is 11.2. The second-order valence-corrected chi connectivity index (χ2v) is 8.84. The molecular weight excluding hydrogens is 472 g/mol. The topological polar surface area (TPSA) is 88.1 Å². The molecule has 0 aliphatic carbocycles. The van der Waals surface area contributed by atoms with Crippen LogP contribution in [-0.4, -0.2) is 36.5 Å². The Morgan fingerprint density at radius 2 is 1.83 bits per heavy atom. The average Bonchev–Trinajstić information content (AvgIpc) is 3.08. The second kappa shape index (κ2) is 9.22. The van der Waals surface area contributed by atoms with Gasteiger partial charge in [-0.3, -0.25) is 18.7 Å². The highest BCUT2D eigenvalue weighted by Gasteiger charge is 2.25. The number of ether oxygens (including phenoxy) is 1. The van der Waals surface area contributed by atoms with Gasteiger partial charge in [0.15, 0.2) is 16.3 Å². The first-order chi connectivity index (χ1) is 14.3. The molecule has 1 aromatic carbocycles. The fourth-order valence-corrected chi connectivity index (χ4v) is 4.37. The highest BCUT2D eigenvalue weighted by atomic mass is 79.9. The van der Waals surface area contributed by atoms with Gasteiger partial charge in [0, 0.05) is 18.6 Å². The monoisotopic (exact) mass is 494 g/mol. The fraction of sp³-hybridized carbons (Fsp3) is 0.400. The van der Waals surface area contributed by atoms with E-state index in [0.717, 1.165) is 14.6 Å². The van der Waals surface area contributed by atoms with Gasteiger partial charge in [-0.2, -0.15) is 0 Å². The van der Waals surface area contributed by atoms with E-state index in [1.807, 2.05) is 31.2 Å². The van der Waals surface area contributed by atoms with Crippen LogP contribution < -0.4 is 11.2 Å². The lowest BCUT2D eigenvalue weighted by atomic mass is 10.2. The smallest absolute Gasteiger partial charge is 0.332 e. The van der Waals surface area contributed by atoms with E-state index in [4.69, 9.17) is 4.74 Å². The molecule has 0 saturated heterocycles. The van der Waals surface area contributed by atoms with Crippen molar-refractivity contribution in [2.45, 2.75) is 37.2 Å². The van der Waals surface area contributed by atoms with E-state index in [2.05, 4.69) is 20.9 Å². The molecule has 0 N–H and O–H groups in total. The quantitative estimate of drug-likeness (QED) is 0.370. The molecule has 1 unspecified atom stereocenters. The Morgan fingerprint density at radius 1 is 1.17 bits per heavy atom. The molecule has 0 saturated carbocycles. The lowest BCUT2D eigenvalue weighted by Gasteiger charge is -2.14. The summed E-state index contributed by atoms with van der Waals surface area (Å²) in [7, 11) is 3.03. The van der Waals surface area contributed by atoms with E-state index in [9.17, 15) is 14.4 Å². The van der Waals surface area contributed by atoms with Crippen LogP contribution in [-0.2, 0) is 30.2 Å². The van der Waals surface area contributed by atoms with Crippen LogP contribution in [0.5, 0.6) is 0 Å². The van der Waals surface area contributed by atoms with Crippen molar-refractivity contribution in [3.63, 3.8) is 0 Å². The number of rotatable bonds is 7. The third-order valence-electron chi connectivity index (χ3n) is 4.73. The zero-order valence-corrected chi connectivity index (χ0v) is 19.6. The Hall–Kier alpha value is -2.33. The van der Waals surface area contributed by atoms with Crippen LogP contribution in [0.2, 0.25) is 0 Å². The molecule has 0 bridgehead atoms. The molecule has 0 fully saturated rings. The number of thioether (sulfide) groups is 1. The number of fused-ring (bicyclic) bond motifs is 1. The molecule has 0 aliphatic rings. The van der Waals surface area contributed by atoms with E-state index >= 15 is 0 Å². The molecule has 0 aliphatic heterocycles. The number of aromatic nitrogens is 4. The fourth-order valence-electron chi connectivity index (χ4n) is 3.10. The number of imidazole rings is 1. The second-order valence-electron chi connectivity index (χ2n) is 6.75. The minimum Gasteiger partial charge on any atom is -0.465 e. The van der Waals surface area contributed by atoms with Crippen LogP contribution in [0.1, 0.15) is 25.8 Å². The predicted octanol–water partition coefficient (Wildman–Crippen LogP) is 2.68. The van der Waals surface area contributed by atoms with E-state index in [0.29, 0.717) is 35.9 Å². The standard InChI is InChI=1S/C20H23BrN4O4S/c1-5-14(18(27)29-6-2)30-19-22-16-15(17(26)24(4)20(28)23(16)3)25(19)11-12-7-9-13(21)10-8-12/h7-10,14H,5-6,11H2,1-4H3. The predicted molar refractivity (Wildman–Crippen MR) is 120 cm³/mol. The molecule has 10 heteroatoms. The maximum Gasteiger partial charge on any atom is 0.332 e. The summed E-state index contributed by atoms with van der Waals surface area (Å²) in [5, 5.41) is 0.0254. The SMILES string of the molecule is CCOC(=O)C(CC)Sc1nc2c(c(=O)n(C)c(=O)n2C)n1Cc1ccc(Br)cc1. The molecule has 3 rings (SSSR count). The molecule has 0 radical (unpaired) electrons. The first-order valence-electron chi connectivity index (χ1n) is 9.52. The minimum atomic E-state index is -0.466. The number of nitrogens with zero attached hydrogens (tertiary/aromatic N) is 4. The van der Waals surface area contributed by atoms with Crippen LogP contribution in [0.15, 0.2) is 43.5 Å². The highest BCUT2D eigenvalue weighted by Crippen LogP contribution is 2.29. The van der Waals surface area contributed by atoms with Crippen LogP contribution in [0.4, 0.5) is 0 Å². The number of hydrogen-bond donors (Lipinski definition) is 0. The number of aryl methyl sites for hydroxylation is 1. The normalized spacial score (nSPS) is 12.3. The molecule has 160 valence electrons. The van der Waals surface area contributed by atoms with Crippen molar-refractivity contribution in [3.8, 4) is 0 Å². The summed E-state index contributed by atoms with van der Waals surface area (Å²) < 4.78 is 10.3. The average molecular weight is 495 g/mol. The van der Waals surface area contributed by atoms with Gasteiger partial charge in [-0.25, -0.2) is 9.78 Å². The molecule has 0 amide bonds. The van der Waals surface area contributed by atoms with Crippen molar-refractivity contribution in [2.75, 3.05) is 6.61 Å². The number of carbonyl (C=O) groups is 1. The van der Waals surface area contributed by atoms with E-state index < -0.39 is 16.5 Å². The minimum absolute atomic E-state index is 0.292. The third-order valence-corrected chi connectivity index (χ3v) is 6.60. The number of benzene rings is 1. The molecule has 30 heavy (non-hydrogen) atoms. The lowest BCUT2D eigenvalue weighted by molar-refractivity contribution is -0.142. The van der Waals surface area contributed by atoms with Gasteiger partial charge >= 0.3 is 11.7 Å². The van der Waals surface area contributed by atoms with Crippen molar-refractivity contribution in [3.05, 3.63) is 55.1 Å². The Balaban J connectivity index is 2.19. The molecule has 2 aromatic heterocycles. The number of esters is 1. The Kier molecular flexibility index (Phi) is 6.87. The number of hydrogen-bond acceptors (Lipinski definition) is 6. The molecule has 1 atom stereocenters. The van der Waals surface area contributed by atoms with Crippen LogP contribution >= 0.6 is 27.7 Å². The van der Waals surface area contributed by atoms with Gasteiger partial charge in [0.25, 0.3) is 5.56 Å². The number of carbonyl (C=O) groups excluding carboxylic acids is 1. The maximum absolute atomic E-state index is 13.0. The summed E-state index contributed by atoms with van der Waals surface area (Å²) in [6.45, 7) is 4.32. The molecule has 2 heterocycles. The van der Waals surface area contributed by atoms with Crippen LogP contribution in [0, 0.1) is 0 Å². The van der Waals surface area contributed by atoms with E-state index in [1.165, 1.54) is 23.4 Å². The van der Waals surface area contributed by atoms with Gasteiger partial charge in [0.2, 0.25) is 0 Å². The zero-order valence-electron chi connectivity index (χ0n) is 17.2. The Bertz CT molecular complexity index is 1200. The summed E-state index contributed by atoms with van der Waals surface area (Å²) in [4.78, 5) is 42.2. The van der Waals surface area contributed by atoms with Crippen molar-refractivity contribution in [2.24, 2.45) is 14.1 Å². The van der Waals surface area contributed by atoms with Gasteiger partial charge in [0.1, 0.15) is 5.25 Å². The van der Waals surface area contributed by atoms with Crippen molar-refractivity contribution in [1.29, 1.82) is 0 Å². The molecule has 8 nitrogen and oxygen atoms in total. The molecule has 0 spiro atoms. The molecule has 3 aromatic rings. The largest absolute Gasteiger partial charge is 0.465 e. The lowest BCUT2D eigenvalue weighted by Crippen LogP contribution is -2.37. The van der Waals surface area contributed by atoms with Crippen molar-refractivity contribution in [1.82, 2.24) is 18.7 Å². The van der Waals surface area contributed by atoms with Gasteiger partial charge in [-0.1, -0.05) is 46.7 Å². The van der Waals surface area contributed by atoms with Gasteiger partial charge in [-0.15, -0.1) is 0 Å². The van der Waals surface area contributed by atoms with Crippen molar-refractivity contribution >= 4 is 44.8 Å². The molecular formula is C20H23BrN4O4S. The van der Waals surface area contributed by atoms with Gasteiger partial charge in [0.05, 0.1) is 13.2 Å². The van der Waals surface area contributed by atoms with Crippen LogP contribution in [0.3, 0.4) is 0 Å². The summed E-state index contributed by atoms with van der Waals surface area (Å²) in [6, 6.07) is 7.73. The first kappa shape index (κ1) is 22.4. The van der Waals surface area contributed by atoms with E-state index in [1.54, 1.807) is 18.5 Å². The summed E-state index contributed by atoms with van der Waals surface area (Å²) in [5.41, 5.74) is 0.702. The number of halogens is 1. The zero-order chi connectivity index (χ0) is 22.0. The third kappa shape index (κ3) is 4.24. The summed E-state index contributed by atoms with van der Waals surface area (Å²) in [5.74, 6) is -0.325. The highest BCUT2D eigenvalue weighted by molar-refractivity contribution is 9.10.